The predicted octanol–water partition coefficient (Wildman–Crippen LogP) is 3.36. The number of aryl methyl sites for hydroxylation is 1. The molecule has 144 valence electrons. The molecule has 1 atom stereocenters. The second-order valence-corrected chi connectivity index (χ2v) is 7.77. The summed E-state index contributed by atoms with van der Waals surface area (Å²) < 4.78 is 0. The van der Waals surface area contributed by atoms with Crippen molar-refractivity contribution < 1.29 is 9.90 Å². The van der Waals surface area contributed by atoms with Crippen LogP contribution in [-0.2, 0) is 6.42 Å². The summed E-state index contributed by atoms with van der Waals surface area (Å²) >= 11 is 0. The van der Waals surface area contributed by atoms with Crippen molar-refractivity contribution in [2.45, 2.75) is 52.1 Å². The highest BCUT2D eigenvalue weighted by Crippen LogP contribution is 2.24. The second-order valence-electron chi connectivity index (χ2n) is 7.77. The molecule has 1 amide bonds. The van der Waals surface area contributed by atoms with Crippen molar-refractivity contribution >= 4 is 5.91 Å². The minimum Gasteiger partial charge on any atom is -0.392 e. The lowest BCUT2D eigenvalue weighted by Crippen LogP contribution is -2.42. The van der Waals surface area contributed by atoms with Crippen LogP contribution >= 0.6 is 0 Å². The molecule has 0 bridgehead atoms. The van der Waals surface area contributed by atoms with Gasteiger partial charge in [-0.05, 0) is 37.7 Å². The first-order valence-electron chi connectivity index (χ1n) is 9.80. The number of aliphatic hydroxyl groups excluding tert-OH is 1. The Morgan fingerprint density at radius 3 is 2.48 bits per heavy atom. The molecule has 27 heavy (non-hydrogen) atoms. The molecule has 1 N–H and O–H groups in total. The first-order valence-corrected chi connectivity index (χ1v) is 9.80. The first-order chi connectivity index (χ1) is 13.0. The number of benzene rings is 1. The monoisotopic (exact) mass is 367 g/mol. The van der Waals surface area contributed by atoms with Crippen LogP contribution in [0.3, 0.4) is 0 Å². The maximum atomic E-state index is 12.9. The molecule has 0 spiro atoms. The number of rotatable bonds is 5. The van der Waals surface area contributed by atoms with Gasteiger partial charge in [0.15, 0.2) is 0 Å². The molecule has 2 aromatic rings. The number of carbonyl (C=O) groups is 1. The van der Waals surface area contributed by atoms with Crippen molar-refractivity contribution in [3.05, 3.63) is 59.2 Å². The van der Waals surface area contributed by atoms with Crippen LogP contribution in [0.25, 0.3) is 0 Å². The van der Waals surface area contributed by atoms with Gasteiger partial charge in [-0.15, -0.1) is 0 Å². The molecular weight excluding hydrogens is 338 g/mol. The lowest BCUT2D eigenvalue weighted by atomic mass is 9.87. The molecule has 1 aromatic carbocycles. The second kappa shape index (κ2) is 8.61. The maximum Gasteiger partial charge on any atom is 0.257 e. The Balaban J connectivity index is 1.58. The van der Waals surface area contributed by atoms with E-state index < -0.39 is 0 Å². The molecule has 0 unspecified atom stereocenters. The Kier molecular flexibility index (Phi) is 6.22. The molecule has 1 saturated heterocycles. The minimum absolute atomic E-state index is 0.00111. The SMILES string of the molecule is Cc1nc(C(C)C)ncc1C(=O)N1CCC([C@H](O)Cc2ccccc2)CC1. The van der Waals surface area contributed by atoms with Gasteiger partial charge >= 0.3 is 0 Å². The van der Waals surface area contributed by atoms with E-state index in [1.807, 2.05) is 56.0 Å². The first kappa shape index (κ1) is 19.5. The van der Waals surface area contributed by atoms with Gasteiger partial charge in [0.25, 0.3) is 5.91 Å². The summed E-state index contributed by atoms with van der Waals surface area (Å²) in [6.45, 7) is 7.29. The summed E-state index contributed by atoms with van der Waals surface area (Å²) in [5.74, 6) is 1.25. The van der Waals surface area contributed by atoms with Gasteiger partial charge in [-0.2, -0.15) is 0 Å². The van der Waals surface area contributed by atoms with E-state index in [0.717, 1.165) is 29.9 Å². The van der Waals surface area contributed by atoms with Crippen molar-refractivity contribution in [1.82, 2.24) is 14.9 Å². The third-order valence-electron chi connectivity index (χ3n) is 5.40. The molecule has 0 saturated carbocycles. The van der Waals surface area contributed by atoms with Crippen LogP contribution in [-0.4, -0.2) is 45.1 Å². The van der Waals surface area contributed by atoms with Crippen LogP contribution in [0.2, 0.25) is 0 Å². The summed E-state index contributed by atoms with van der Waals surface area (Å²) in [6.07, 6.45) is 3.62. The molecule has 1 aliphatic rings. The lowest BCUT2D eigenvalue weighted by molar-refractivity contribution is 0.0466. The van der Waals surface area contributed by atoms with Gasteiger partial charge in [-0.3, -0.25) is 4.79 Å². The molecule has 1 aromatic heterocycles. The van der Waals surface area contributed by atoms with E-state index in [4.69, 9.17) is 0 Å². The van der Waals surface area contributed by atoms with E-state index >= 15 is 0 Å². The summed E-state index contributed by atoms with van der Waals surface area (Å²) in [4.78, 5) is 23.5. The number of piperidine rings is 1. The van der Waals surface area contributed by atoms with E-state index in [1.165, 1.54) is 0 Å². The zero-order valence-electron chi connectivity index (χ0n) is 16.4. The number of aromatic nitrogens is 2. The van der Waals surface area contributed by atoms with Crippen LogP contribution < -0.4 is 0 Å². The van der Waals surface area contributed by atoms with Gasteiger partial charge in [-0.25, -0.2) is 9.97 Å². The van der Waals surface area contributed by atoms with E-state index in [-0.39, 0.29) is 23.8 Å². The third-order valence-corrected chi connectivity index (χ3v) is 5.40. The number of nitrogens with zero attached hydrogens (tertiary/aromatic N) is 3. The Morgan fingerprint density at radius 2 is 1.89 bits per heavy atom. The Bertz CT molecular complexity index is 768. The normalized spacial score (nSPS) is 16.6. The van der Waals surface area contributed by atoms with Gasteiger partial charge in [0, 0.05) is 25.2 Å². The molecule has 1 fully saturated rings. The highest BCUT2D eigenvalue weighted by molar-refractivity contribution is 5.95. The molecule has 5 nitrogen and oxygen atoms in total. The average Bonchev–Trinajstić information content (AvgIpc) is 2.68. The number of hydrogen-bond acceptors (Lipinski definition) is 4. The van der Waals surface area contributed by atoms with E-state index in [2.05, 4.69) is 9.97 Å². The molecule has 0 aliphatic carbocycles. The Hall–Kier alpha value is -2.27. The van der Waals surface area contributed by atoms with Crippen LogP contribution in [0.1, 0.15) is 60.0 Å². The minimum atomic E-state index is -0.361. The van der Waals surface area contributed by atoms with Gasteiger partial charge in [0.1, 0.15) is 5.82 Å². The Labute approximate surface area is 161 Å². The van der Waals surface area contributed by atoms with Gasteiger partial charge in [0.05, 0.1) is 17.4 Å². The topological polar surface area (TPSA) is 66.3 Å². The summed E-state index contributed by atoms with van der Waals surface area (Å²) in [7, 11) is 0. The molecule has 1 aliphatic heterocycles. The number of carbonyl (C=O) groups excluding carboxylic acids is 1. The zero-order chi connectivity index (χ0) is 19.4. The standard InChI is InChI=1S/C22H29N3O2/c1-15(2)21-23-14-19(16(3)24-21)22(27)25-11-9-18(10-12-25)20(26)13-17-7-5-4-6-8-17/h4-8,14-15,18,20,26H,9-13H2,1-3H3/t20-/m1/s1. The largest absolute Gasteiger partial charge is 0.392 e. The van der Waals surface area contributed by atoms with Crippen LogP contribution in [0.4, 0.5) is 0 Å². The molecule has 0 radical (unpaired) electrons. The number of likely N-dealkylation sites (tertiary alicyclic amines) is 1. The quantitative estimate of drug-likeness (QED) is 0.880. The highest BCUT2D eigenvalue weighted by Gasteiger charge is 2.29. The third kappa shape index (κ3) is 4.72. The number of amides is 1. The zero-order valence-corrected chi connectivity index (χ0v) is 16.4. The fraction of sp³-hybridized carbons (Fsp3) is 0.500. The van der Waals surface area contributed by atoms with Gasteiger partial charge < -0.3 is 10.0 Å². The summed E-state index contributed by atoms with van der Waals surface area (Å²) in [5, 5.41) is 10.6. The van der Waals surface area contributed by atoms with Gasteiger partial charge in [-0.1, -0.05) is 44.2 Å². The Morgan fingerprint density at radius 1 is 1.22 bits per heavy atom. The van der Waals surface area contributed by atoms with Crippen LogP contribution in [0.15, 0.2) is 36.5 Å². The fourth-order valence-corrected chi connectivity index (χ4v) is 3.65. The van der Waals surface area contributed by atoms with Crippen molar-refractivity contribution in [3.63, 3.8) is 0 Å². The number of hydrogen-bond donors (Lipinski definition) is 1. The molecule has 2 heterocycles. The van der Waals surface area contributed by atoms with Crippen molar-refractivity contribution in [2.75, 3.05) is 13.1 Å². The van der Waals surface area contributed by atoms with Crippen LogP contribution in [0, 0.1) is 12.8 Å². The lowest BCUT2D eigenvalue weighted by Gasteiger charge is -2.34. The molecule has 3 rings (SSSR count). The predicted molar refractivity (Wildman–Crippen MR) is 106 cm³/mol. The van der Waals surface area contributed by atoms with Crippen molar-refractivity contribution in [3.8, 4) is 0 Å². The molecule has 5 heteroatoms. The highest BCUT2D eigenvalue weighted by atomic mass is 16.3. The summed E-state index contributed by atoms with van der Waals surface area (Å²) in [5.41, 5.74) is 2.48. The van der Waals surface area contributed by atoms with Crippen molar-refractivity contribution in [2.24, 2.45) is 5.92 Å². The number of aliphatic hydroxyl groups is 1. The van der Waals surface area contributed by atoms with Gasteiger partial charge in [0.2, 0.25) is 0 Å². The van der Waals surface area contributed by atoms with E-state index in [1.54, 1.807) is 6.20 Å². The molecular formula is C22H29N3O2. The summed E-state index contributed by atoms with van der Waals surface area (Å²) in [6, 6.07) is 10.1. The van der Waals surface area contributed by atoms with E-state index in [9.17, 15) is 9.90 Å². The fourth-order valence-electron chi connectivity index (χ4n) is 3.65. The van der Waals surface area contributed by atoms with Crippen LogP contribution in [0.5, 0.6) is 0 Å². The van der Waals surface area contributed by atoms with Crippen molar-refractivity contribution in [1.29, 1.82) is 0 Å². The average molecular weight is 367 g/mol. The van der Waals surface area contributed by atoms with E-state index in [0.29, 0.717) is 25.1 Å². The smallest absolute Gasteiger partial charge is 0.257 e. The maximum absolute atomic E-state index is 12.9.